The molecule has 1 aliphatic heterocycles. The van der Waals surface area contributed by atoms with Crippen molar-refractivity contribution in [2.45, 2.75) is 12.2 Å². The van der Waals surface area contributed by atoms with Gasteiger partial charge in [-0.05, 0) is 46.9 Å². The molecule has 0 aromatic heterocycles. The molecule has 1 aromatic rings. The van der Waals surface area contributed by atoms with E-state index in [1.165, 1.54) is 0 Å². The summed E-state index contributed by atoms with van der Waals surface area (Å²) in [4.78, 5) is 0. The summed E-state index contributed by atoms with van der Waals surface area (Å²) < 4.78 is 29.0. The molecule has 1 aromatic carbocycles. The van der Waals surface area contributed by atoms with Crippen LogP contribution in [0.2, 0.25) is 0 Å². The maximum absolute atomic E-state index is 11.3. The van der Waals surface area contributed by atoms with E-state index in [0.29, 0.717) is 5.75 Å². The fourth-order valence-electron chi connectivity index (χ4n) is 1.60. The van der Waals surface area contributed by atoms with Gasteiger partial charge in [0.2, 0.25) is 0 Å². The van der Waals surface area contributed by atoms with Gasteiger partial charge >= 0.3 is 0 Å². The number of hydrogen-bond donors (Lipinski definition) is 1. The van der Waals surface area contributed by atoms with Crippen LogP contribution in [-0.4, -0.2) is 37.2 Å². The number of ether oxygens (including phenoxy) is 1. The Morgan fingerprint density at radius 2 is 1.88 bits per heavy atom. The summed E-state index contributed by atoms with van der Waals surface area (Å²) in [6.45, 7) is 0. The molecule has 0 saturated carbocycles. The lowest BCUT2D eigenvalue weighted by Gasteiger charge is -2.15. The summed E-state index contributed by atoms with van der Waals surface area (Å²) >= 11 is 2.17. The predicted octanol–water partition coefficient (Wildman–Crippen LogP) is 0.828. The van der Waals surface area contributed by atoms with E-state index >= 15 is 0 Å². The first-order valence-electron chi connectivity index (χ1n) is 4.77. The van der Waals surface area contributed by atoms with Crippen LogP contribution in [0.1, 0.15) is 0 Å². The number of benzene rings is 1. The van der Waals surface area contributed by atoms with Gasteiger partial charge < -0.3 is 9.84 Å². The third-order valence-electron chi connectivity index (χ3n) is 2.37. The zero-order valence-electron chi connectivity index (χ0n) is 8.34. The Morgan fingerprint density at radius 1 is 1.25 bits per heavy atom. The quantitative estimate of drug-likeness (QED) is 0.800. The topological polar surface area (TPSA) is 63.6 Å². The summed E-state index contributed by atoms with van der Waals surface area (Å²) in [6.07, 6.45) is -1.57. The molecule has 2 unspecified atom stereocenters. The van der Waals surface area contributed by atoms with Crippen LogP contribution in [-0.2, 0) is 9.84 Å². The van der Waals surface area contributed by atoms with E-state index in [9.17, 15) is 13.5 Å². The first-order valence-corrected chi connectivity index (χ1v) is 7.67. The van der Waals surface area contributed by atoms with E-state index in [4.69, 9.17) is 4.74 Å². The Kier molecular flexibility index (Phi) is 3.41. The highest BCUT2D eigenvalue weighted by Crippen LogP contribution is 2.21. The molecule has 0 spiro atoms. The van der Waals surface area contributed by atoms with Crippen LogP contribution in [0.4, 0.5) is 0 Å². The van der Waals surface area contributed by atoms with Crippen molar-refractivity contribution in [3.63, 3.8) is 0 Å². The monoisotopic (exact) mass is 354 g/mol. The molecule has 1 N–H and O–H groups in total. The maximum atomic E-state index is 11.3. The molecular weight excluding hydrogens is 343 g/mol. The standard InChI is InChI=1S/C10H11IO4S/c11-7-1-3-8(4-2-7)15-10-6-16(13,14)5-9(10)12/h1-4,9-10,12H,5-6H2. The predicted molar refractivity (Wildman–Crippen MR) is 68.2 cm³/mol. The highest BCUT2D eigenvalue weighted by atomic mass is 127. The zero-order valence-corrected chi connectivity index (χ0v) is 11.3. The number of aliphatic hydroxyl groups is 1. The summed E-state index contributed by atoms with van der Waals surface area (Å²) in [6, 6.07) is 7.26. The minimum atomic E-state index is -3.15. The summed E-state index contributed by atoms with van der Waals surface area (Å²) in [5.41, 5.74) is 0. The average molecular weight is 354 g/mol. The Hall–Kier alpha value is -0.340. The Labute approximate surface area is 108 Å². The molecule has 1 aliphatic rings. The van der Waals surface area contributed by atoms with Gasteiger partial charge in [0.15, 0.2) is 9.84 Å². The van der Waals surface area contributed by atoms with E-state index in [1.54, 1.807) is 12.1 Å². The average Bonchev–Trinajstić information content (AvgIpc) is 2.44. The van der Waals surface area contributed by atoms with Gasteiger partial charge in [0, 0.05) is 3.57 Å². The lowest BCUT2D eigenvalue weighted by molar-refractivity contribution is 0.0738. The van der Waals surface area contributed by atoms with Gasteiger partial charge in [-0.25, -0.2) is 8.42 Å². The van der Waals surface area contributed by atoms with E-state index in [2.05, 4.69) is 22.6 Å². The molecule has 88 valence electrons. The minimum Gasteiger partial charge on any atom is -0.487 e. The van der Waals surface area contributed by atoms with Crippen LogP contribution in [0.3, 0.4) is 0 Å². The van der Waals surface area contributed by atoms with E-state index < -0.39 is 22.0 Å². The van der Waals surface area contributed by atoms with Gasteiger partial charge in [-0.1, -0.05) is 0 Å². The third-order valence-corrected chi connectivity index (χ3v) is 4.78. The molecule has 1 saturated heterocycles. The molecule has 0 aliphatic carbocycles. The molecule has 2 rings (SSSR count). The second-order valence-corrected chi connectivity index (χ2v) is 7.15. The van der Waals surface area contributed by atoms with Gasteiger partial charge in [-0.15, -0.1) is 0 Å². The van der Waals surface area contributed by atoms with Gasteiger partial charge in [-0.3, -0.25) is 0 Å². The van der Waals surface area contributed by atoms with Crippen LogP contribution in [0.5, 0.6) is 5.75 Å². The fourth-order valence-corrected chi connectivity index (χ4v) is 3.62. The second kappa shape index (κ2) is 4.50. The van der Waals surface area contributed by atoms with Gasteiger partial charge in [-0.2, -0.15) is 0 Å². The van der Waals surface area contributed by atoms with Crippen LogP contribution < -0.4 is 4.74 Å². The maximum Gasteiger partial charge on any atom is 0.156 e. The van der Waals surface area contributed by atoms with Crippen molar-refractivity contribution in [2.24, 2.45) is 0 Å². The number of aliphatic hydroxyl groups excluding tert-OH is 1. The van der Waals surface area contributed by atoms with Crippen LogP contribution in [0, 0.1) is 3.57 Å². The van der Waals surface area contributed by atoms with Crippen LogP contribution in [0.15, 0.2) is 24.3 Å². The smallest absolute Gasteiger partial charge is 0.156 e. The highest BCUT2D eigenvalue weighted by molar-refractivity contribution is 14.1. The number of hydrogen-bond acceptors (Lipinski definition) is 4. The molecule has 1 fully saturated rings. The van der Waals surface area contributed by atoms with Crippen molar-refractivity contribution in [1.29, 1.82) is 0 Å². The third kappa shape index (κ3) is 2.86. The number of sulfone groups is 1. The van der Waals surface area contributed by atoms with Gasteiger partial charge in [0.05, 0.1) is 11.5 Å². The molecular formula is C10H11IO4S. The van der Waals surface area contributed by atoms with Gasteiger partial charge in [0.25, 0.3) is 0 Å². The Bertz CT molecular complexity index is 468. The van der Waals surface area contributed by atoms with Crippen LogP contribution in [0.25, 0.3) is 0 Å². The molecule has 16 heavy (non-hydrogen) atoms. The van der Waals surface area contributed by atoms with E-state index in [-0.39, 0.29) is 11.5 Å². The first-order chi connectivity index (χ1) is 7.46. The zero-order chi connectivity index (χ0) is 11.8. The molecule has 0 bridgehead atoms. The van der Waals surface area contributed by atoms with Crippen LogP contribution >= 0.6 is 22.6 Å². The van der Waals surface area contributed by atoms with Crippen molar-refractivity contribution in [3.05, 3.63) is 27.8 Å². The van der Waals surface area contributed by atoms with Gasteiger partial charge in [0.1, 0.15) is 18.0 Å². The summed E-state index contributed by atoms with van der Waals surface area (Å²) in [5, 5.41) is 9.53. The van der Waals surface area contributed by atoms with Crippen molar-refractivity contribution >= 4 is 32.4 Å². The van der Waals surface area contributed by atoms with Crippen molar-refractivity contribution < 1.29 is 18.3 Å². The molecule has 0 radical (unpaired) electrons. The summed E-state index contributed by atoms with van der Waals surface area (Å²) in [5.74, 6) is 0.268. The Balaban J connectivity index is 2.08. The fraction of sp³-hybridized carbons (Fsp3) is 0.400. The SMILES string of the molecule is O=S1(=O)CC(O)C(Oc2ccc(I)cc2)C1. The van der Waals surface area contributed by atoms with E-state index in [0.717, 1.165) is 3.57 Å². The van der Waals surface area contributed by atoms with Crippen molar-refractivity contribution in [2.75, 3.05) is 11.5 Å². The van der Waals surface area contributed by atoms with Crippen molar-refractivity contribution in [3.8, 4) is 5.75 Å². The summed E-state index contributed by atoms with van der Waals surface area (Å²) in [7, 11) is -3.15. The molecule has 1 heterocycles. The minimum absolute atomic E-state index is 0.111. The molecule has 0 amide bonds. The Morgan fingerprint density at radius 3 is 2.38 bits per heavy atom. The molecule has 4 nitrogen and oxygen atoms in total. The number of rotatable bonds is 2. The van der Waals surface area contributed by atoms with E-state index in [1.807, 2.05) is 12.1 Å². The molecule has 6 heteroatoms. The lowest BCUT2D eigenvalue weighted by atomic mass is 10.2. The largest absolute Gasteiger partial charge is 0.487 e. The second-order valence-electron chi connectivity index (χ2n) is 3.75. The van der Waals surface area contributed by atoms with Crippen molar-refractivity contribution in [1.82, 2.24) is 0 Å². The normalized spacial score (nSPS) is 27.9. The molecule has 2 atom stereocenters. The number of halogens is 1. The highest BCUT2D eigenvalue weighted by Gasteiger charge is 2.38. The first kappa shape index (κ1) is 12.1. The lowest BCUT2D eigenvalue weighted by Crippen LogP contribution is -2.29.